The topological polar surface area (TPSA) is 41.6 Å². The van der Waals surface area contributed by atoms with Gasteiger partial charge in [0.1, 0.15) is 6.04 Å². The Morgan fingerprint density at radius 3 is 2.71 bits per heavy atom. The molecule has 4 heteroatoms. The SMILES string of the molecule is COC(=O)[C@@H](NCC1CCCCN1C)C(C)C. The first kappa shape index (κ1) is 14.5. The van der Waals surface area contributed by atoms with E-state index in [4.69, 9.17) is 4.74 Å². The van der Waals surface area contributed by atoms with Crippen molar-refractivity contribution in [1.82, 2.24) is 10.2 Å². The van der Waals surface area contributed by atoms with Crippen molar-refractivity contribution >= 4 is 5.97 Å². The summed E-state index contributed by atoms with van der Waals surface area (Å²) in [5.74, 6) is 0.106. The van der Waals surface area contributed by atoms with E-state index in [2.05, 4.69) is 17.3 Å². The molecule has 0 saturated carbocycles. The van der Waals surface area contributed by atoms with Gasteiger partial charge in [-0.05, 0) is 32.4 Å². The highest BCUT2D eigenvalue weighted by atomic mass is 16.5. The molecule has 0 aromatic heterocycles. The van der Waals surface area contributed by atoms with E-state index in [1.54, 1.807) is 0 Å². The number of piperidine rings is 1. The van der Waals surface area contributed by atoms with Crippen LogP contribution in [0.15, 0.2) is 0 Å². The molecule has 0 aliphatic carbocycles. The second kappa shape index (κ2) is 6.97. The third kappa shape index (κ3) is 4.28. The summed E-state index contributed by atoms with van der Waals surface area (Å²) < 4.78 is 4.83. The fourth-order valence-electron chi connectivity index (χ4n) is 2.38. The minimum absolute atomic E-state index is 0.154. The summed E-state index contributed by atoms with van der Waals surface area (Å²) in [6, 6.07) is 0.366. The van der Waals surface area contributed by atoms with Crippen molar-refractivity contribution in [2.75, 3.05) is 27.2 Å². The van der Waals surface area contributed by atoms with Crippen LogP contribution in [-0.4, -0.2) is 50.2 Å². The molecular formula is C13H26N2O2. The molecule has 1 fully saturated rings. The lowest BCUT2D eigenvalue weighted by Gasteiger charge is -2.34. The molecule has 1 rings (SSSR count). The molecule has 4 nitrogen and oxygen atoms in total. The van der Waals surface area contributed by atoms with E-state index >= 15 is 0 Å². The lowest BCUT2D eigenvalue weighted by Crippen LogP contribution is -2.49. The molecule has 1 N–H and O–H groups in total. The minimum Gasteiger partial charge on any atom is -0.468 e. The minimum atomic E-state index is -0.185. The number of likely N-dealkylation sites (tertiary alicyclic amines) is 1. The van der Waals surface area contributed by atoms with Crippen molar-refractivity contribution in [3.63, 3.8) is 0 Å². The Labute approximate surface area is 105 Å². The summed E-state index contributed by atoms with van der Waals surface area (Å²) in [5, 5.41) is 3.35. The monoisotopic (exact) mass is 242 g/mol. The number of likely N-dealkylation sites (N-methyl/N-ethyl adjacent to an activating group) is 1. The Balaban J connectivity index is 2.42. The van der Waals surface area contributed by atoms with Crippen molar-refractivity contribution < 1.29 is 9.53 Å². The average Bonchev–Trinajstić information content (AvgIpc) is 2.30. The van der Waals surface area contributed by atoms with Crippen LogP contribution in [0.2, 0.25) is 0 Å². The van der Waals surface area contributed by atoms with Gasteiger partial charge in [0.05, 0.1) is 7.11 Å². The standard InChI is InChI=1S/C13H26N2O2/c1-10(2)12(13(16)17-4)14-9-11-7-5-6-8-15(11)3/h10-12,14H,5-9H2,1-4H3/t11?,12-/m0/s1. The normalized spacial score (nSPS) is 23.7. The molecule has 1 unspecified atom stereocenters. The number of nitrogens with zero attached hydrogens (tertiary/aromatic N) is 1. The number of carbonyl (C=O) groups excluding carboxylic acids is 1. The third-order valence-corrected chi connectivity index (χ3v) is 3.62. The molecule has 100 valence electrons. The van der Waals surface area contributed by atoms with Gasteiger partial charge in [-0.1, -0.05) is 20.3 Å². The summed E-state index contributed by atoms with van der Waals surface area (Å²) in [4.78, 5) is 14.0. The van der Waals surface area contributed by atoms with E-state index in [-0.39, 0.29) is 17.9 Å². The van der Waals surface area contributed by atoms with E-state index in [0.29, 0.717) is 6.04 Å². The molecule has 0 bridgehead atoms. The Hall–Kier alpha value is -0.610. The molecule has 1 heterocycles. The molecule has 0 amide bonds. The summed E-state index contributed by atoms with van der Waals surface area (Å²) in [6.45, 7) is 6.11. The first-order valence-corrected chi connectivity index (χ1v) is 6.57. The number of ether oxygens (including phenoxy) is 1. The zero-order valence-electron chi connectivity index (χ0n) is 11.5. The van der Waals surface area contributed by atoms with E-state index in [0.717, 1.165) is 13.1 Å². The number of methoxy groups -OCH3 is 1. The van der Waals surface area contributed by atoms with Crippen molar-refractivity contribution in [1.29, 1.82) is 0 Å². The Morgan fingerprint density at radius 2 is 2.18 bits per heavy atom. The van der Waals surface area contributed by atoms with Gasteiger partial charge in [0.25, 0.3) is 0 Å². The lowest BCUT2D eigenvalue weighted by molar-refractivity contribution is -0.144. The summed E-state index contributed by atoms with van der Waals surface area (Å²) in [5.41, 5.74) is 0. The fraction of sp³-hybridized carbons (Fsp3) is 0.923. The zero-order chi connectivity index (χ0) is 12.8. The second-order valence-corrected chi connectivity index (χ2v) is 5.28. The maximum atomic E-state index is 11.6. The highest BCUT2D eigenvalue weighted by molar-refractivity contribution is 5.75. The fourth-order valence-corrected chi connectivity index (χ4v) is 2.38. The van der Waals surface area contributed by atoms with E-state index in [1.165, 1.54) is 26.4 Å². The van der Waals surface area contributed by atoms with Gasteiger partial charge in [0, 0.05) is 12.6 Å². The van der Waals surface area contributed by atoms with Crippen LogP contribution in [-0.2, 0) is 9.53 Å². The number of hydrogen-bond acceptors (Lipinski definition) is 4. The Bertz CT molecular complexity index is 244. The lowest BCUT2D eigenvalue weighted by atomic mass is 10.0. The van der Waals surface area contributed by atoms with Crippen molar-refractivity contribution in [3.8, 4) is 0 Å². The quantitative estimate of drug-likeness (QED) is 0.737. The molecule has 0 spiro atoms. The summed E-state index contributed by atoms with van der Waals surface area (Å²) >= 11 is 0. The van der Waals surface area contributed by atoms with Crippen LogP contribution in [0.25, 0.3) is 0 Å². The van der Waals surface area contributed by atoms with Crippen molar-refractivity contribution in [2.45, 2.75) is 45.2 Å². The summed E-state index contributed by atoms with van der Waals surface area (Å²) in [6.07, 6.45) is 3.80. The number of hydrogen-bond donors (Lipinski definition) is 1. The number of nitrogens with one attached hydrogen (secondary N) is 1. The van der Waals surface area contributed by atoms with Crippen LogP contribution < -0.4 is 5.32 Å². The predicted octanol–water partition coefficient (Wildman–Crippen LogP) is 1.26. The maximum absolute atomic E-state index is 11.6. The number of rotatable bonds is 5. The molecule has 1 saturated heterocycles. The largest absolute Gasteiger partial charge is 0.468 e. The molecule has 1 aliphatic heterocycles. The van der Waals surface area contributed by atoms with Gasteiger partial charge in [-0.3, -0.25) is 4.79 Å². The maximum Gasteiger partial charge on any atom is 0.323 e. The van der Waals surface area contributed by atoms with Gasteiger partial charge in [-0.2, -0.15) is 0 Å². The highest BCUT2D eigenvalue weighted by Gasteiger charge is 2.25. The van der Waals surface area contributed by atoms with Crippen LogP contribution >= 0.6 is 0 Å². The molecule has 1 aliphatic rings. The highest BCUT2D eigenvalue weighted by Crippen LogP contribution is 2.14. The van der Waals surface area contributed by atoms with Gasteiger partial charge in [0.15, 0.2) is 0 Å². The average molecular weight is 242 g/mol. The van der Waals surface area contributed by atoms with Crippen LogP contribution in [0, 0.1) is 5.92 Å². The van der Waals surface area contributed by atoms with E-state index < -0.39 is 0 Å². The van der Waals surface area contributed by atoms with Crippen molar-refractivity contribution in [2.24, 2.45) is 5.92 Å². The Kier molecular flexibility index (Phi) is 5.92. The molecular weight excluding hydrogens is 216 g/mol. The molecule has 0 aromatic carbocycles. The van der Waals surface area contributed by atoms with Crippen LogP contribution in [0.3, 0.4) is 0 Å². The second-order valence-electron chi connectivity index (χ2n) is 5.28. The zero-order valence-corrected chi connectivity index (χ0v) is 11.5. The van der Waals surface area contributed by atoms with Gasteiger partial charge in [-0.15, -0.1) is 0 Å². The number of carbonyl (C=O) groups is 1. The first-order chi connectivity index (χ1) is 8.06. The molecule has 0 aromatic rings. The molecule has 2 atom stereocenters. The first-order valence-electron chi connectivity index (χ1n) is 6.57. The van der Waals surface area contributed by atoms with Crippen LogP contribution in [0.1, 0.15) is 33.1 Å². The van der Waals surface area contributed by atoms with Gasteiger partial charge < -0.3 is 15.0 Å². The Morgan fingerprint density at radius 1 is 1.47 bits per heavy atom. The summed E-state index contributed by atoms with van der Waals surface area (Å²) in [7, 11) is 3.61. The van der Waals surface area contributed by atoms with Crippen LogP contribution in [0.5, 0.6) is 0 Å². The predicted molar refractivity (Wildman–Crippen MR) is 68.9 cm³/mol. The van der Waals surface area contributed by atoms with Gasteiger partial charge >= 0.3 is 5.97 Å². The van der Waals surface area contributed by atoms with E-state index in [1.807, 2.05) is 13.8 Å². The van der Waals surface area contributed by atoms with Crippen LogP contribution in [0.4, 0.5) is 0 Å². The molecule has 17 heavy (non-hydrogen) atoms. The third-order valence-electron chi connectivity index (χ3n) is 3.62. The van der Waals surface area contributed by atoms with Gasteiger partial charge in [-0.25, -0.2) is 0 Å². The van der Waals surface area contributed by atoms with Crippen molar-refractivity contribution in [3.05, 3.63) is 0 Å². The van der Waals surface area contributed by atoms with Gasteiger partial charge in [0.2, 0.25) is 0 Å². The molecule has 0 radical (unpaired) electrons. The van der Waals surface area contributed by atoms with E-state index in [9.17, 15) is 4.79 Å². The smallest absolute Gasteiger partial charge is 0.323 e. The number of esters is 1.